The number of hydrogen-bond acceptors (Lipinski definition) is 4. The zero-order valence-corrected chi connectivity index (χ0v) is 8.22. The lowest BCUT2D eigenvalue weighted by atomic mass is 10.1. The van der Waals surface area contributed by atoms with Crippen molar-refractivity contribution < 1.29 is 14.7 Å². The molecular formula is C8H8N2O3S. The van der Waals surface area contributed by atoms with Gasteiger partial charge in [0.25, 0.3) is 0 Å². The number of fused-ring (bicyclic) bond motifs is 1. The van der Waals surface area contributed by atoms with Crippen molar-refractivity contribution in [2.24, 2.45) is 0 Å². The van der Waals surface area contributed by atoms with E-state index in [0.717, 1.165) is 0 Å². The van der Waals surface area contributed by atoms with Crippen molar-refractivity contribution in [1.29, 1.82) is 5.41 Å². The Morgan fingerprint density at radius 1 is 1.71 bits per heavy atom. The van der Waals surface area contributed by atoms with Crippen LogP contribution in [0.2, 0.25) is 0 Å². The Hall–Kier alpha value is -1.30. The molecule has 0 unspecified atom stereocenters. The third-order valence-electron chi connectivity index (χ3n) is 2.30. The molecule has 5 nitrogen and oxygen atoms in total. The molecule has 2 heterocycles. The summed E-state index contributed by atoms with van der Waals surface area (Å²) >= 11 is 1.24. The quantitative estimate of drug-likeness (QED) is 0.624. The molecule has 0 aromatic carbocycles. The normalized spacial score (nSPS) is 26.1. The Morgan fingerprint density at radius 2 is 2.36 bits per heavy atom. The molecule has 0 saturated carbocycles. The van der Waals surface area contributed by atoms with Crippen molar-refractivity contribution in [1.82, 2.24) is 4.90 Å². The highest BCUT2D eigenvalue weighted by atomic mass is 32.2. The van der Waals surface area contributed by atoms with E-state index in [4.69, 9.17) is 10.5 Å². The lowest BCUT2D eigenvalue weighted by molar-refractivity contribution is -0.146. The predicted octanol–water partition coefficient (Wildman–Crippen LogP) is 0.627. The summed E-state index contributed by atoms with van der Waals surface area (Å²) in [7, 11) is 0. The van der Waals surface area contributed by atoms with E-state index in [2.05, 4.69) is 0 Å². The van der Waals surface area contributed by atoms with Crippen LogP contribution in [0.15, 0.2) is 11.3 Å². The number of amides is 1. The summed E-state index contributed by atoms with van der Waals surface area (Å²) in [4.78, 5) is 23.3. The van der Waals surface area contributed by atoms with Crippen LogP contribution in [0.4, 0.5) is 0 Å². The van der Waals surface area contributed by atoms with Gasteiger partial charge in [0, 0.05) is 5.57 Å². The summed E-state index contributed by atoms with van der Waals surface area (Å²) in [6, 6.07) is 0. The van der Waals surface area contributed by atoms with Gasteiger partial charge in [-0.05, 0) is 6.92 Å². The summed E-state index contributed by atoms with van der Waals surface area (Å²) < 4.78 is 0. The standard InChI is InChI=1S/C8H8N2O3S/c1-3-6(8(12)13)10-4(11)2-5(10)14-7(3)9/h5,9H,2H2,1H3,(H,12,13)/t5-/m1/s1. The van der Waals surface area contributed by atoms with Crippen molar-refractivity contribution in [2.75, 3.05) is 0 Å². The van der Waals surface area contributed by atoms with Gasteiger partial charge in [0.2, 0.25) is 5.91 Å². The molecule has 1 atom stereocenters. The van der Waals surface area contributed by atoms with E-state index in [0.29, 0.717) is 12.0 Å². The number of nitrogens with one attached hydrogen (secondary N) is 1. The second-order valence-corrected chi connectivity index (χ2v) is 4.34. The van der Waals surface area contributed by atoms with Crippen molar-refractivity contribution >= 4 is 28.7 Å². The van der Waals surface area contributed by atoms with Crippen LogP contribution >= 0.6 is 11.8 Å². The van der Waals surface area contributed by atoms with Gasteiger partial charge in [0.1, 0.15) is 5.70 Å². The molecule has 2 aliphatic heterocycles. The van der Waals surface area contributed by atoms with Gasteiger partial charge >= 0.3 is 5.97 Å². The minimum atomic E-state index is -1.13. The number of hydrogen-bond donors (Lipinski definition) is 2. The predicted molar refractivity (Wildman–Crippen MR) is 50.9 cm³/mol. The van der Waals surface area contributed by atoms with Gasteiger partial charge in [-0.2, -0.15) is 0 Å². The highest BCUT2D eigenvalue weighted by Crippen LogP contribution is 2.40. The zero-order chi connectivity index (χ0) is 10.5. The first-order valence-electron chi connectivity index (χ1n) is 4.04. The molecule has 2 rings (SSSR count). The maximum Gasteiger partial charge on any atom is 0.353 e. The Morgan fingerprint density at radius 3 is 2.86 bits per heavy atom. The van der Waals surface area contributed by atoms with E-state index >= 15 is 0 Å². The van der Waals surface area contributed by atoms with Gasteiger partial charge in [-0.1, -0.05) is 11.8 Å². The Kier molecular flexibility index (Phi) is 1.88. The average molecular weight is 212 g/mol. The van der Waals surface area contributed by atoms with E-state index in [9.17, 15) is 9.59 Å². The molecule has 2 aliphatic rings. The summed E-state index contributed by atoms with van der Waals surface area (Å²) in [6.07, 6.45) is 0.330. The van der Waals surface area contributed by atoms with E-state index < -0.39 is 5.97 Å². The average Bonchev–Trinajstić information content (AvgIpc) is 2.09. The third-order valence-corrected chi connectivity index (χ3v) is 3.49. The number of carbonyl (C=O) groups excluding carboxylic acids is 1. The number of carbonyl (C=O) groups is 2. The number of β-lactam (4-membered cyclic amide) rings is 1. The molecule has 14 heavy (non-hydrogen) atoms. The maximum absolute atomic E-state index is 11.2. The van der Waals surface area contributed by atoms with Crippen LogP contribution in [0.5, 0.6) is 0 Å². The number of aliphatic carboxylic acids is 1. The Bertz CT molecular complexity index is 388. The number of nitrogens with zero attached hydrogens (tertiary/aromatic N) is 1. The number of carboxylic acids is 1. The lowest BCUT2D eigenvalue weighted by Crippen LogP contribution is -2.54. The minimum Gasteiger partial charge on any atom is -0.477 e. The third kappa shape index (κ3) is 1.07. The fourth-order valence-corrected chi connectivity index (χ4v) is 2.63. The van der Waals surface area contributed by atoms with Crippen LogP contribution in [0.1, 0.15) is 13.3 Å². The van der Waals surface area contributed by atoms with Crippen LogP contribution in [0.25, 0.3) is 0 Å². The Balaban J connectivity index is 2.47. The molecule has 0 bridgehead atoms. The van der Waals surface area contributed by atoms with Crippen LogP contribution in [-0.2, 0) is 9.59 Å². The van der Waals surface area contributed by atoms with Crippen molar-refractivity contribution in [3.63, 3.8) is 0 Å². The highest BCUT2D eigenvalue weighted by molar-refractivity contribution is 8.15. The summed E-state index contributed by atoms with van der Waals surface area (Å²) in [5, 5.41) is 16.5. The van der Waals surface area contributed by atoms with Gasteiger partial charge in [0.05, 0.1) is 16.8 Å². The van der Waals surface area contributed by atoms with Gasteiger partial charge in [-0.25, -0.2) is 4.79 Å². The SMILES string of the molecule is CC1=C(C(=O)O)N2C(=O)C[C@H]2SC1=N. The first-order valence-corrected chi connectivity index (χ1v) is 4.92. The second kappa shape index (κ2) is 2.84. The fraction of sp³-hybridized carbons (Fsp3) is 0.375. The molecule has 0 aromatic rings. The van der Waals surface area contributed by atoms with Crippen molar-refractivity contribution in [3.05, 3.63) is 11.3 Å². The van der Waals surface area contributed by atoms with Gasteiger partial charge in [-0.15, -0.1) is 0 Å². The first kappa shape index (κ1) is 9.26. The van der Waals surface area contributed by atoms with Crippen molar-refractivity contribution in [3.8, 4) is 0 Å². The maximum atomic E-state index is 11.2. The monoisotopic (exact) mass is 212 g/mol. The van der Waals surface area contributed by atoms with Crippen molar-refractivity contribution in [2.45, 2.75) is 18.7 Å². The van der Waals surface area contributed by atoms with Gasteiger partial charge in [-0.3, -0.25) is 15.1 Å². The first-order chi connectivity index (χ1) is 6.52. The molecule has 2 N–H and O–H groups in total. The van der Waals surface area contributed by atoms with Crippen LogP contribution in [-0.4, -0.2) is 32.3 Å². The molecule has 6 heteroatoms. The fourth-order valence-electron chi connectivity index (χ4n) is 1.53. The summed E-state index contributed by atoms with van der Waals surface area (Å²) in [5.41, 5.74) is 0.335. The number of rotatable bonds is 1. The minimum absolute atomic E-state index is 0.0324. The number of carboxylic acid groups (broad SMARTS) is 1. The van der Waals surface area contributed by atoms with E-state index in [1.165, 1.54) is 16.7 Å². The molecule has 0 radical (unpaired) electrons. The summed E-state index contributed by atoms with van der Waals surface area (Å²) in [5.74, 6) is -1.31. The molecule has 0 aliphatic carbocycles. The highest BCUT2D eigenvalue weighted by Gasteiger charge is 2.46. The molecular weight excluding hydrogens is 204 g/mol. The van der Waals surface area contributed by atoms with Crippen LogP contribution in [0, 0.1) is 5.41 Å². The lowest BCUT2D eigenvalue weighted by Gasteiger charge is -2.43. The second-order valence-electron chi connectivity index (χ2n) is 3.15. The summed E-state index contributed by atoms with van der Waals surface area (Å²) in [6.45, 7) is 1.56. The molecule has 1 fully saturated rings. The van der Waals surface area contributed by atoms with Crippen LogP contribution < -0.4 is 0 Å². The molecule has 0 aromatic heterocycles. The smallest absolute Gasteiger partial charge is 0.353 e. The number of thioether (sulfide) groups is 1. The molecule has 0 spiro atoms. The topological polar surface area (TPSA) is 81.5 Å². The molecule has 1 saturated heterocycles. The Labute approximate surface area is 84.3 Å². The molecule has 74 valence electrons. The zero-order valence-electron chi connectivity index (χ0n) is 7.40. The molecule has 1 amide bonds. The van der Waals surface area contributed by atoms with E-state index in [1.54, 1.807) is 6.92 Å². The van der Waals surface area contributed by atoms with E-state index in [-0.39, 0.29) is 22.0 Å². The van der Waals surface area contributed by atoms with Gasteiger partial charge in [0.15, 0.2) is 0 Å². The van der Waals surface area contributed by atoms with Gasteiger partial charge < -0.3 is 5.11 Å². The van der Waals surface area contributed by atoms with Crippen LogP contribution in [0.3, 0.4) is 0 Å². The largest absolute Gasteiger partial charge is 0.477 e. The van der Waals surface area contributed by atoms with E-state index in [1.807, 2.05) is 0 Å².